The van der Waals surface area contributed by atoms with E-state index in [9.17, 15) is 18.5 Å². The van der Waals surface area contributed by atoms with Crippen LogP contribution in [-0.4, -0.2) is 19.4 Å². The molecular weight excluding hydrogens is 294 g/mol. The third-order valence-corrected chi connectivity index (χ3v) is 4.83. The maximum Gasteiger partial charge on any atom is 0.297 e. The van der Waals surface area contributed by atoms with E-state index < -0.39 is 21.1 Å². The van der Waals surface area contributed by atoms with Crippen molar-refractivity contribution in [3.63, 3.8) is 0 Å². The molecule has 7 heteroatoms. The number of benzene rings is 1. The molecule has 0 spiro atoms. The van der Waals surface area contributed by atoms with Crippen LogP contribution in [0.2, 0.25) is 0 Å². The van der Waals surface area contributed by atoms with Gasteiger partial charge >= 0.3 is 0 Å². The van der Waals surface area contributed by atoms with Crippen LogP contribution < -0.4 is 0 Å². The molecule has 1 aromatic rings. The van der Waals surface area contributed by atoms with Gasteiger partial charge in [-0.2, -0.15) is 8.42 Å². The van der Waals surface area contributed by atoms with Crippen molar-refractivity contribution in [2.24, 2.45) is 0 Å². The number of nitrogens with zero attached hydrogens (tertiary/aromatic N) is 1. The van der Waals surface area contributed by atoms with Crippen molar-refractivity contribution in [1.82, 2.24) is 0 Å². The summed E-state index contributed by atoms with van der Waals surface area (Å²) >= 11 is 0. The zero-order chi connectivity index (χ0) is 15.5. The predicted molar refractivity (Wildman–Crippen MR) is 77.4 cm³/mol. The molecule has 2 rings (SSSR count). The number of rotatable bonds is 4. The normalized spacial score (nSPS) is 20.0. The van der Waals surface area contributed by atoms with Gasteiger partial charge in [0.25, 0.3) is 15.8 Å². The Morgan fingerprint density at radius 3 is 2.48 bits per heavy atom. The summed E-state index contributed by atoms with van der Waals surface area (Å²) in [4.78, 5) is 9.92. The van der Waals surface area contributed by atoms with Crippen molar-refractivity contribution in [3.8, 4) is 0 Å². The van der Waals surface area contributed by atoms with Gasteiger partial charge in [0.1, 0.15) is 0 Å². The second-order valence-electron chi connectivity index (χ2n) is 5.05. The Morgan fingerprint density at radius 1 is 1.19 bits per heavy atom. The average molecular weight is 311 g/mol. The van der Waals surface area contributed by atoms with Gasteiger partial charge in [-0.3, -0.25) is 14.3 Å². The van der Waals surface area contributed by atoms with Crippen LogP contribution in [0.15, 0.2) is 41.3 Å². The molecule has 0 aromatic heterocycles. The van der Waals surface area contributed by atoms with E-state index in [0.717, 1.165) is 43.4 Å². The Kier molecular flexibility index (Phi) is 4.74. The molecule has 0 heterocycles. The third-order valence-electron chi connectivity index (χ3n) is 3.50. The molecule has 0 unspecified atom stereocenters. The van der Waals surface area contributed by atoms with Gasteiger partial charge in [-0.1, -0.05) is 19.4 Å². The zero-order valence-electron chi connectivity index (χ0n) is 11.5. The van der Waals surface area contributed by atoms with Crippen LogP contribution in [0.1, 0.15) is 32.1 Å². The fourth-order valence-corrected chi connectivity index (χ4v) is 3.40. The molecule has 0 N–H and O–H groups in total. The molecule has 0 saturated heterocycles. The van der Waals surface area contributed by atoms with Crippen LogP contribution in [0.25, 0.3) is 0 Å². The molecule has 1 atom stereocenters. The zero-order valence-corrected chi connectivity index (χ0v) is 12.3. The van der Waals surface area contributed by atoms with E-state index in [1.165, 1.54) is 12.1 Å². The van der Waals surface area contributed by atoms with E-state index in [-0.39, 0.29) is 10.6 Å². The average Bonchev–Trinajstić information content (AvgIpc) is 2.64. The SMILES string of the molecule is C=C1CCCCC[C@H]1OS(=O)(=O)c1ccc([N+](=O)[O-])cc1. The molecule has 1 aliphatic rings. The number of non-ortho nitro benzene ring substituents is 1. The molecule has 0 amide bonds. The summed E-state index contributed by atoms with van der Waals surface area (Å²) < 4.78 is 29.7. The maximum atomic E-state index is 12.2. The highest BCUT2D eigenvalue weighted by molar-refractivity contribution is 7.86. The summed E-state index contributed by atoms with van der Waals surface area (Å²) in [7, 11) is -3.93. The monoisotopic (exact) mass is 311 g/mol. The summed E-state index contributed by atoms with van der Waals surface area (Å²) in [5, 5.41) is 10.6. The molecule has 0 bridgehead atoms. The van der Waals surface area contributed by atoms with Crippen LogP contribution in [0.4, 0.5) is 5.69 Å². The second kappa shape index (κ2) is 6.36. The second-order valence-corrected chi connectivity index (χ2v) is 6.62. The number of hydrogen-bond acceptors (Lipinski definition) is 5. The summed E-state index contributed by atoms with van der Waals surface area (Å²) in [6, 6.07) is 4.68. The molecule has 1 fully saturated rings. The van der Waals surface area contributed by atoms with E-state index in [1.807, 2.05) is 0 Å². The van der Waals surface area contributed by atoms with Crippen LogP contribution >= 0.6 is 0 Å². The molecule has 21 heavy (non-hydrogen) atoms. The molecule has 0 aliphatic heterocycles. The lowest BCUT2D eigenvalue weighted by atomic mass is 10.1. The first kappa shape index (κ1) is 15.7. The molecule has 114 valence electrons. The first-order valence-corrected chi connectivity index (χ1v) is 8.16. The molecule has 1 aliphatic carbocycles. The highest BCUT2D eigenvalue weighted by atomic mass is 32.2. The third kappa shape index (κ3) is 3.89. The summed E-state index contributed by atoms with van der Waals surface area (Å²) in [6.45, 7) is 3.89. The maximum absolute atomic E-state index is 12.2. The van der Waals surface area contributed by atoms with Crippen LogP contribution in [0.3, 0.4) is 0 Å². The summed E-state index contributed by atoms with van der Waals surface area (Å²) in [5.41, 5.74) is 0.630. The van der Waals surface area contributed by atoms with Gasteiger partial charge in [0, 0.05) is 12.1 Å². The van der Waals surface area contributed by atoms with Crippen molar-refractivity contribution < 1.29 is 17.5 Å². The fraction of sp³-hybridized carbons (Fsp3) is 0.429. The van der Waals surface area contributed by atoms with Gasteiger partial charge in [-0.05, 0) is 37.0 Å². The lowest BCUT2D eigenvalue weighted by molar-refractivity contribution is -0.384. The Bertz CT molecular complexity index is 636. The first-order valence-electron chi connectivity index (χ1n) is 6.75. The largest absolute Gasteiger partial charge is 0.297 e. The van der Waals surface area contributed by atoms with E-state index in [0.29, 0.717) is 6.42 Å². The first-order chi connectivity index (χ1) is 9.90. The molecule has 1 saturated carbocycles. The van der Waals surface area contributed by atoms with Crippen molar-refractivity contribution in [3.05, 3.63) is 46.5 Å². The van der Waals surface area contributed by atoms with Crippen LogP contribution in [0.5, 0.6) is 0 Å². The lowest BCUT2D eigenvalue weighted by Crippen LogP contribution is -2.19. The lowest BCUT2D eigenvalue weighted by Gasteiger charge is -2.17. The predicted octanol–water partition coefficient (Wildman–Crippen LogP) is 3.19. The van der Waals surface area contributed by atoms with E-state index >= 15 is 0 Å². The topological polar surface area (TPSA) is 86.5 Å². The van der Waals surface area contributed by atoms with E-state index in [4.69, 9.17) is 4.18 Å². The Hall–Kier alpha value is -1.73. The van der Waals surface area contributed by atoms with E-state index in [1.54, 1.807) is 0 Å². The minimum absolute atomic E-state index is 0.0786. The van der Waals surface area contributed by atoms with Crippen LogP contribution in [0, 0.1) is 10.1 Å². The quantitative estimate of drug-likeness (QED) is 0.280. The van der Waals surface area contributed by atoms with E-state index in [2.05, 4.69) is 6.58 Å². The van der Waals surface area contributed by atoms with Gasteiger partial charge in [0.05, 0.1) is 15.9 Å². The molecule has 0 radical (unpaired) electrons. The Labute approximate surface area is 123 Å². The standard InChI is InChI=1S/C14H17NO5S/c1-11-5-3-2-4-6-14(11)20-21(18,19)13-9-7-12(8-10-13)15(16)17/h7-10,14H,1-6H2/t14-/m1/s1. The van der Waals surface area contributed by atoms with Gasteiger partial charge in [0.15, 0.2) is 0 Å². The van der Waals surface area contributed by atoms with Crippen molar-refractivity contribution >= 4 is 15.8 Å². The van der Waals surface area contributed by atoms with Gasteiger partial charge in [-0.15, -0.1) is 0 Å². The van der Waals surface area contributed by atoms with Gasteiger partial charge in [-0.25, -0.2) is 0 Å². The smallest absolute Gasteiger partial charge is 0.259 e. The highest BCUT2D eigenvalue weighted by Crippen LogP contribution is 2.27. The number of nitro groups is 1. The number of nitro benzene ring substituents is 1. The fourth-order valence-electron chi connectivity index (χ4n) is 2.28. The van der Waals surface area contributed by atoms with Gasteiger partial charge in [0.2, 0.25) is 0 Å². The van der Waals surface area contributed by atoms with Crippen molar-refractivity contribution in [2.75, 3.05) is 0 Å². The molecule has 6 nitrogen and oxygen atoms in total. The summed E-state index contributed by atoms with van der Waals surface area (Å²) in [6.07, 6.45) is 3.82. The molecule has 1 aromatic carbocycles. The summed E-state index contributed by atoms with van der Waals surface area (Å²) in [5.74, 6) is 0. The van der Waals surface area contributed by atoms with Crippen molar-refractivity contribution in [1.29, 1.82) is 0 Å². The van der Waals surface area contributed by atoms with Crippen LogP contribution in [-0.2, 0) is 14.3 Å². The molecular formula is C14H17NO5S. The highest BCUT2D eigenvalue weighted by Gasteiger charge is 2.25. The van der Waals surface area contributed by atoms with Crippen molar-refractivity contribution in [2.45, 2.75) is 43.1 Å². The minimum Gasteiger partial charge on any atom is -0.259 e. The Morgan fingerprint density at radius 2 is 1.86 bits per heavy atom. The minimum atomic E-state index is -3.93. The number of hydrogen-bond donors (Lipinski definition) is 0. The van der Waals surface area contributed by atoms with Gasteiger partial charge < -0.3 is 0 Å². The Balaban J connectivity index is 2.17.